The second kappa shape index (κ2) is 5.58. The Morgan fingerprint density at radius 2 is 2.27 bits per heavy atom. The number of hydrogen-bond donors (Lipinski definition) is 2. The molecule has 3 nitrogen and oxygen atoms in total. The van der Waals surface area contributed by atoms with Gasteiger partial charge < -0.3 is 0 Å². The SMILES string of the molecule is NNC(Cc1cncs1)C1CCCCC1. The number of hydrogen-bond acceptors (Lipinski definition) is 4. The summed E-state index contributed by atoms with van der Waals surface area (Å²) < 4.78 is 0. The van der Waals surface area contributed by atoms with Crippen molar-refractivity contribution in [2.45, 2.75) is 44.6 Å². The highest BCUT2D eigenvalue weighted by atomic mass is 32.1. The smallest absolute Gasteiger partial charge is 0.0794 e. The van der Waals surface area contributed by atoms with Crippen molar-refractivity contribution in [1.82, 2.24) is 10.4 Å². The molecule has 0 amide bonds. The van der Waals surface area contributed by atoms with Crippen LogP contribution in [0.15, 0.2) is 11.7 Å². The molecule has 1 aromatic rings. The van der Waals surface area contributed by atoms with Crippen LogP contribution in [0.2, 0.25) is 0 Å². The van der Waals surface area contributed by atoms with Gasteiger partial charge in [0.15, 0.2) is 0 Å². The zero-order chi connectivity index (χ0) is 10.5. The number of nitrogens with zero attached hydrogens (tertiary/aromatic N) is 1. The largest absolute Gasteiger partial charge is 0.271 e. The monoisotopic (exact) mass is 225 g/mol. The molecule has 3 N–H and O–H groups in total. The molecule has 2 rings (SSSR count). The van der Waals surface area contributed by atoms with E-state index < -0.39 is 0 Å². The van der Waals surface area contributed by atoms with E-state index >= 15 is 0 Å². The highest BCUT2D eigenvalue weighted by Crippen LogP contribution is 2.28. The summed E-state index contributed by atoms with van der Waals surface area (Å²) in [5.74, 6) is 6.41. The van der Waals surface area contributed by atoms with Crippen molar-refractivity contribution in [3.63, 3.8) is 0 Å². The Morgan fingerprint density at radius 1 is 1.47 bits per heavy atom. The predicted octanol–water partition coefficient (Wildman–Crippen LogP) is 2.10. The number of thiazole rings is 1. The first-order valence-corrected chi connectivity index (χ1v) is 6.61. The molecule has 1 atom stereocenters. The summed E-state index contributed by atoms with van der Waals surface area (Å²) in [7, 11) is 0. The second-order valence-corrected chi connectivity index (χ2v) is 5.31. The lowest BCUT2D eigenvalue weighted by Gasteiger charge is -2.29. The Kier molecular flexibility index (Phi) is 4.11. The molecule has 1 unspecified atom stereocenters. The van der Waals surface area contributed by atoms with E-state index in [2.05, 4.69) is 10.4 Å². The number of rotatable bonds is 4. The molecule has 4 heteroatoms. The molecule has 0 saturated heterocycles. The van der Waals surface area contributed by atoms with Crippen molar-refractivity contribution in [3.05, 3.63) is 16.6 Å². The first-order chi connectivity index (χ1) is 7.40. The summed E-state index contributed by atoms with van der Waals surface area (Å²) in [6.45, 7) is 0. The molecule has 0 bridgehead atoms. The Balaban J connectivity index is 1.91. The van der Waals surface area contributed by atoms with Crippen molar-refractivity contribution in [3.8, 4) is 0 Å². The minimum Gasteiger partial charge on any atom is -0.271 e. The first-order valence-electron chi connectivity index (χ1n) is 5.73. The van der Waals surface area contributed by atoms with E-state index in [9.17, 15) is 0 Å². The topological polar surface area (TPSA) is 50.9 Å². The van der Waals surface area contributed by atoms with Gasteiger partial charge in [-0.15, -0.1) is 11.3 Å². The summed E-state index contributed by atoms with van der Waals surface area (Å²) >= 11 is 1.72. The minimum absolute atomic E-state index is 0.436. The lowest BCUT2D eigenvalue weighted by Crippen LogP contribution is -2.43. The molecule has 1 fully saturated rings. The average molecular weight is 225 g/mol. The summed E-state index contributed by atoms with van der Waals surface area (Å²) in [5.41, 5.74) is 4.88. The molecular formula is C11H19N3S. The maximum atomic E-state index is 5.65. The number of hydrazine groups is 1. The fourth-order valence-electron chi connectivity index (χ4n) is 2.46. The van der Waals surface area contributed by atoms with Crippen LogP contribution in [0.4, 0.5) is 0 Å². The van der Waals surface area contributed by atoms with E-state index in [-0.39, 0.29) is 0 Å². The fraction of sp³-hybridized carbons (Fsp3) is 0.727. The van der Waals surface area contributed by atoms with E-state index in [0.717, 1.165) is 12.3 Å². The molecule has 0 spiro atoms. The third-order valence-electron chi connectivity index (χ3n) is 3.34. The average Bonchev–Trinajstić information content (AvgIpc) is 2.80. The number of nitrogens with one attached hydrogen (secondary N) is 1. The van der Waals surface area contributed by atoms with Gasteiger partial charge in [0.05, 0.1) is 5.51 Å². The fourth-order valence-corrected chi connectivity index (χ4v) is 3.11. The zero-order valence-electron chi connectivity index (χ0n) is 8.98. The zero-order valence-corrected chi connectivity index (χ0v) is 9.80. The lowest BCUT2D eigenvalue weighted by molar-refractivity contribution is 0.269. The molecular weight excluding hydrogens is 206 g/mol. The van der Waals surface area contributed by atoms with Crippen molar-refractivity contribution < 1.29 is 0 Å². The maximum absolute atomic E-state index is 5.65. The third-order valence-corrected chi connectivity index (χ3v) is 4.14. The Labute approximate surface area is 95.1 Å². The van der Waals surface area contributed by atoms with Gasteiger partial charge in [-0.2, -0.15) is 0 Å². The van der Waals surface area contributed by atoms with Crippen LogP contribution in [0.3, 0.4) is 0 Å². The molecule has 1 heterocycles. The molecule has 1 aliphatic rings. The van der Waals surface area contributed by atoms with Gasteiger partial charge in [0, 0.05) is 23.5 Å². The van der Waals surface area contributed by atoms with Crippen LogP contribution < -0.4 is 11.3 Å². The molecule has 1 saturated carbocycles. The Morgan fingerprint density at radius 3 is 2.87 bits per heavy atom. The summed E-state index contributed by atoms with van der Waals surface area (Å²) in [5, 5.41) is 0. The van der Waals surface area contributed by atoms with Gasteiger partial charge in [-0.3, -0.25) is 16.3 Å². The molecule has 84 valence electrons. The van der Waals surface area contributed by atoms with Crippen molar-refractivity contribution in [1.29, 1.82) is 0 Å². The highest BCUT2D eigenvalue weighted by Gasteiger charge is 2.23. The third kappa shape index (κ3) is 3.00. The standard InChI is InChI=1S/C11H19N3S/c12-14-11(6-10-7-13-8-15-10)9-4-2-1-3-5-9/h7-9,11,14H,1-6,12H2. The number of aromatic nitrogens is 1. The van der Waals surface area contributed by atoms with Crippen LogP contribution in [0.5, 0.6) is 0 Å². The summed E-state index contributed by atoms with van der Waals surface area (Å²) in [4.78, 5) is 5.44. The molecule has 0 aromatic carbocycles. The van der Waals surface area contributed by atoms with Crippen LogP contribution in [0, 0.1) is 5.92 Å². The molecule has 0 aliphatic heterocycles. The Hall–Kier alpha value is -0.450. The summed E-state index contributed by atoms with van der Waals surface area (Å²) in [6.07, 6.45) is 9.77. The van der Waals surface area contributed by atoms with Crippen molar-refractivity contribution in [2.75, 3.05) is 0 Å². The van der Waals surface area contributed by atoms with Crippen LogP contribution in [0.25, 0.3) is 0 Å². The van der Waals surface area contributed by atoms with Crippen LogP contribution in [-0.4, -0.2) is 11.0 Å². The maximum Gasteiger partial charge on any atom is 0.0794 e. The van der Waals surface area contributed by atoms with Crippen LogP contribution in [0.1, 0.15) is 37.0 Å². The van der Waals surface area contributed by atoms with Gasteiger partial charge >= 0.3 is 0 Å². The highest BCUT2D eigenvalue weighted by molar-refractivity contribution is 7.09. The van der Waals surface area contributed by atoms with Crippen molar-refractivity contribution in [2.24, 2.45) is 11.8 Å². The molecule has 15 heavy (non-hydrogen) atoms. The lowest BCUT2D eigenvalue weighted by atomic mass is 9.83. The number of nitrogens with two attached hydrogens (primary N) is 1. The first kappa shape index (κ1) is 11.0. The van der Waals surface area contributed by atoms with Gasteiger partial charge in [0.25, 0.3) is 0 Å². The van der Waals surface area contributed by atoms with E-state index in [1.807, 2.05) is 11.7 Å². The van der Waals surface area contributed by atoms with Gasteiger partial charge in [-0.25, -0.2) is 0 Å². The van der Waals surface area contributed by atoms with E-state index in [1.165, 1.54) is 37.0 Å². The van der Waals surface area contributed by atoms with E-state index in [1.54, 1.807) is 11.3 Å². The normalized spacial score (nSPS) is 20.3. The molecule has 1 aliphatic carbocycles. The van der Waals surface area contributed by atoms with E-state index in [4.69, 9.17) is 5.84 Å². The van der Waals surface area contributed by atoms with Crippen LogP contribution in [-0.2, 0) is 6.42 Å². The van der Waals surface area contributed by atoms with E-state index in [0.29, 0.717) is 6.04 Å². The van der Waals surface area contributed by atoms with Gasteiger partial charge in [-0.05, 0) is 18.8 Å². The Bertz CT molecular complexity index is 267. The van der Waals surface area contributed by atoms with Gasteiger partial charge in [0.2, 0.25) is 0 Å². The summed E-state index contributed by atoms with van der Waals surface area (Å²) in [6, 6.07) is 0.436. The molecule has 1 aromatic heterocycles. The van der Waals surface area contributed by atoms with Gasteiger partial charge in [-0.1, -0.05) is 19.3 Å². The van der Waals surface area contributed by atoms with Crippen LogP contribution >= 0.6 is 11.3 Å². The second-order valence-electron chi connectivity index (χ2n) is 4.34. The van der Waals surface area contributed by atoms with Gasteiger partial charge in [0.1, 0.15) is 0 Å². The predicted molar refractivity (Wildman–Crippen MR) is 63.5 cm³/mol. The quantitative estimate of drug-likeness (QED) is 0.609. The minimum atomic E-state index is 0.436. The molecule has 0 radical (unpaired) electrons. The van der Waals surface area contributed by atoms with Crippen molar-refractivity contribution >= 4 is 11.3 Å².